The van der Waals surface area contributed by atoms with Crippen LogP contribution in [-0.2, 0) is 11.4 Å². The molecule has 1 fully saturated rings. The van der Waals surface area contributed by atoms with Crippen molar-refractivity contribution in [2.75, 3.05) is 5.32 Å². The third-order valence-corrected chi connectivity index (χ3v) is 5.63. The Morgan fingerprint density at radius 1 is 1.11 bits per heavy atom. The molecule has 0 unspecified atom stereocenters. The summed E-state index contributed by atoms with van der Waals surface area (Å²) in [6.45, 7) is 2.79. The van der Waals surface area contributed by atoms with Crippen molar-refractivity contribution in [1.29, 1.82) is 0 Å². The minimum Gasteiger partial charge on any atom is -0.389 e. The Morgan fingerprint density at radius 3 is 2.79 bits per heavy atom. The third kappa shape index (κ3) is 2.87. The van der Waals surface area contributed by atoms with Crippen LogP contribution in [0, 0.1) is 0 Å². The predicted molar refractivity (Wildman–Crippen MR) is 104 cm³/mol. The molecule has 0 aromatic carbocycles. The number of aryl methyl sites for hydroxylation is 1. The summed E-state index contributed by atoms with van der Waals surface area (Å²) < 4.78 is 1.87. The van der Waals surface area contributed by atoms with E-state index in [0.717, 1.165) is 53.8 Å². The van der Waals surface area contributed by atoms with Gasteiger partial charge in [-0.2, -0.15) is 10.2 Å². The molecule has 144 valence electrons. The molecule has 0 atom stereocenters. The van der Waals surface area contributed by atoms with Crippen molar-refractivity contribution in [1.82, 2.24) is 29.9 Å². The summed E-state index contributed by atoms with van der Waals surface area (Å²) in [5.41, 5.74) is 3.39. The van der Waals surface area contributed by atoms with E-state index in [-0.39, 0.29) is 5.60 Å². The molecule has 9 nitrogen and oxygen atoms in total. The SMILES string of the molecule is CCn1ncc2c(Nc3cnncn3)c(C3=NOC4(CCCCC4)C3)cnc21. The monoisotopic (exact) mass is 378 g/mol. The maximum absolute atomic E-state index is 5.97. The average Bonchev–Trinajstić information content (AvgIpc) is 3.34. The highest BCUT2D eigenvalue weighted by Gasteiger charge is 2.41. The van der Waals surface area contributed by atoms with E-state index in [1.807, 2.05) is 24.0 Å². The van der Waals surface area contributed by atoms with Crippen LogP contribution in [-0.4, -0.2) is 41.3 Å². The highest BCUT2D eigenvalue weighted by Crippen LogP contribution is 2.41. The quantitative estimate of drug-likeness (QED) is 0.743. The number of rotatable bonds is 4. The standard InChI is InChI=1S/C19H22N8O/c1-2-27-18-14(10-24-27)17(25-16-11-22-23-12-21-16)13(9-20-18)15-8-19(28-26-15)6-4-3-5-7-19/h9-12H,2-8H2,1H3,(H,20,21,23,25). The normalized spacial score (nSPS) is 18.2. The summed E-state index contributed by atoms with van der Waals surface area (Å²) >= 11 is 0. The Balaban J connectivity index is 1.57. The molecular formula is C19H22N8O. The molecule has 3 aromatic rings. The first-order valence-electron chi connectivity index (χ1n) is 9.78. The van der Waals surface area contributed by atoms with Gasteiger partial charge in [-0.05, 0) is 32.6 Å². The maximum Gasteiger partial charge on any atom is 0.159 e. The van der Waals surface area contributed by atoms with Gasteiger partial charge in [0.05, 0.1) is 29.2 Å². The van der Waals surface area contributed by atoms with Gasteiger partial charge < -0.3 is 10.2 Å². The Bertz CT molecular complexity index is 1020. The summed E-state index contributed by atoms with van der Waals surface area (Å²) in [7, 11) is 0. The van der Waals surface area contributed by atoms with Gasteiger partial charge in [-0.3, -0.25) is 0 Å². The van der Waals surface area contributed by atoms with Crippen molar-refractivity contribution in [3.63, 3.8) is 0 Å². The van der Waals surface area contributed by atoms with Crippen LogP contribution in [0.2, 0.25) is 0 Å². The molecule has 0 bridgehead atoms. The van der Waals surface area contributed by atoms with Crippen LogP contribution < -0.4 is 5.32 Å². The van der Waals surface area contributed by atoms with E-state index in [4.69, 9.17) is 4.84 Å². The third-order valence-electron chi connectivity index (χ3n) is 5.63. The second-order valence-electron chi connectivity index (χ2n) is 7.41. The number of nitrogens with one attached hydrogen (secondary N) is 1. The van der Waals surface area contributed by atoms with Gasteiger partial charge in [-0.15, -0.1) is 5.10 Å². The summed E-state index contributed by atoms with van der Waals surface area (Å²) in [4.78, 5) is 14.9. The van der Waals surface area contributed by atoms with Gasteiger partial charge in [0.2, 0.25) is 0 Å². The van der Waals surface area contributed by atoms with Crippen LogP contribution >= 0.6 is 0 Å². The molecule has 4 heterocycles. The fourth-order valence-corrected chi connectivity index (χ4v) is 4.17. The number of hydrogen-bond acceptors (Lipinski definition) is 8. The van der Waals surface area contributed by atoms with E-state index in [1.54, 1.807) is 6.20 Å². The van der Waals surface area contributed by atoms with Crippen LogP contribution in [0.5, 0.6) is 0 Å². The second-order valence-corrected chi connectivity index (χ2v) is 7.41. The molecular weight excluding hydrogens is 356 g/mol. The van der Waals surface area contributed by atoms with Crippen molar-refractivity contribution < 1.29 is 4.84 Å². The summed E-state index contributed by atoms with van der Waals surface area (Å²) in [6, 6.07) is 0. The molecule has 1 aliphatic heterocycles. The Labute approximate surface area is 162 Å². The predicted octanol–water partition coefficient (Wildman–Crippen LogP) is 3.21. The maximum atomic E-state index is 5.97. The Hall–Kier alpha value is -3.10. The Morgan fingerprint density at radius 2 is 2.00 bits per heavy atom. The number of pyridine rings is 1. The van der Waals surface area contributed by atoms with Gasteiger partial charge in [0.25, 0.3) is 0 Å². The average molecular weight is 378 g/mol. The molecule has 0 radical (unpaired) electrons. The van der Waals surface area contributed by atoms with Crippen molar-refractivity contribution in [3.05, 3.63) is 30.5 Å². The van der Waals surface area contributed by atoms with E-state index in [9.17, 15) is 0 Å². The lowest BCUT2D eigenvalue weighted by atomic mass is 9.81. The zero-order chi connectivity index (χ0) is 19.0. The van der Waals surface area contributed by atoms with Crippen LogP contribution in [0.3, 0.4) is 0 Å². The van der Waals surface area contributed by atoms with E-state index < -0.39 is 0 Å². The first-order valence-corrected chi connectivity index (χ1v) is 9.78. The summed E-state index contributed by atoms with van der Waals surface area (Å²) in [5.74, 6) is 0.611. The number of aromatic nitrogens is 6. The van der Waals surface area contributed by atoms with Crippen molar-refractivity contribution in [2.24, 2.45) is 5.16 Å². The van der Waals surface area contributed by atoms with Crippen LogP contribution in [0.25, 0.3) is 11.0 Å². The highest BCUT2D eigenvalue weighted by atomic mass is 16.7. The first kappa shape index (κ1) is 17.0. The molecule has 1 spiro atoms. The van der Waals surface area contributed by atoms with Gasteiger partial charge in [0.1, 0.15) is 11.9 Å². The number of nitrogens with zero attached hydrogens (tertiary/aromatic N) is 7. The van der Waals surface area contributed by atoms with Crippen molar-refractivity contribution in [3.8, 4) is 0 Å². The number of anilines is 2. The lowest BCUT2D eigenvalue weighted by Gasteiger charge is -2.30. The highest BCUT2D eigenvalue weighted by molar-refractivity contribution is 6.11. The van der Waals surface area contributed by atoms with Gasteiger partial charge in [-0.25, -0.2) is 14.6 Å². The zero-order valence-corrected chi connectivity index (χ0v) is 15.8. The topological polar surface area (TPSA) is 103 Å². The minimum absolute atomic E-state index is 0.149. The van der Waals surface area contributed by atoms with Gasteiger partial charge >= 0.3 is 0 Å². The molecule has 28 heavy (non-hydrogen) atoms. The fourth-order valence-electron chi connectivity index (χ4n) is 4.17. The van der Waals surface area contributed by atoms with Crippen LogP contribution in [0.15, 0.2) is 30.1 Å². The molecule has 1 aliphatic carbocycles. The van der Waals surface area contributed by atoms with Crippen LogP contribution in [0.4, 0.5) is 11.5 Å². The van der Waals surface area contributed by atoms with Gasteiger partial charge in [-0.1, -0.05) is 11.6 Å². The van der Waals surface area contributed by atoms with E-state index in [2.05, 4.69) is 35.7 Å². The number of fused-ring (bicyclic) bond motifs is 1. The second kappa shape index (κ2) is 6.81. The Kier molecular flexibility index (Phi) is 4.14. The molecule has 3 aromatic heterocycles. The summed E-state index contributed by atoms with van der Waals surface area (Å²) in [5, 5.41) is 20.9. The fraction of sp³-hybridized carbons (Fsp3) is 0.474. The van der Waals surface area contributed by atoms with E-state index in [0.29, 0.717) is 5.82 Å². The molecule has 5 rings (SSSR count). The molecule has 9 heteroatoms. The molecule has 1 saturated carbocycles. The van der Waals surface area contributed by atoms with E-state index >= 15 is 0 Å². The van der Waals surface area contributed by atoms with Crippen molar-refractivity contribution >= 4 is 28.3 Å². The van der Waals surface area contributed by atoms with Gasteiger partial charge in [0, 0.05) is 24.7 Å². The number of oxime groups is 1. The summed E-state index contributed by atoms with van der Waals surface area (Å²) in [6.07, 6.45) is 13.3. The van der Waals surface area contributed by atoms with E-state index in [1.165, 1.54) is 25.6 Å². The van der Waals surface area contributed by atoms with Gasteiger partial charge in [0.15, 0.2) is 11.5 Å². The minimum atomic E-state index is -0.149. The largest absolute Gasteiger partial charge is 0.389 e. The molecule has 0 saturated heterocycles. The lowest BCUT2D eigenvalue weighted by Crippen LogP contribution is -2.31. The first-order chi connectivity index (χ1) is 13.8. The smallest absolute Gasteiger partial charge is 0.159 e. The molecule has 2 aliphatic rings. The van der Waals surface area contributed by atoms with Crippen molar-refractivity contribution in [2.45, 2.75) is 57.6 Å². The lowest BCUT2D eigenvalue weighted by molar-refractivity contribution is -0.0449. The van der Waals surface area contributed by atoms with Crippen LogP contribution in [0.1, 0.15) is 51.0 Å². The number of hydrogen-bond donors (Lipinski definition) is 1. The molecule has 0 amide bonds. The molecule has 1 N–H and O–H groups in total. The zero-order valence-electron chi connectivity index (χ0n) is 15.8.